The van der Waals surface area contributed by atoms with Crippen LogP contribution in [-0.4, -0.2) is 31.2 Å². The van der Waals surface area contributed by atoms with Crippen LogP contribution in [0.2, 0.25) is 0 Å². The molecule has 0 aromatic heterocycles. The molecule has 1 aliphatic rings. The lowest BCUT2D eigenvalue weighted by atomic mass is 10.1. The molecule has 0 unspecified atom stereocenters. The normalized spacial score (nSPS) is 13.8. The Bertz CT molecular complexity index is 820. The third kappa shape index (κ3) is 4.95. The smallest absolute Gasteiger partial charge is 0.257 e. The average molecular weight is 387 g/mol. The maximum absolute atomic E-state index is 14.5. The van der Waals surface area contributed by atoms with E-state index in [9.17, 15) is 9.18 Å². The van der Waals surface area contributed by atoms with Gasteiger partial charge in [-0.25, -0.2) is 4.39 Å². The van der Waals surface area contributed by atoms with Crippen molar-refractivity contribution in [2.24, 2.45) is 0 Å². The van der Waals surface area contributed by atoms with Crippen LogP contribution in [0.5, 0.6) is 5.75 Å². The van der Waals surface area contributed by atoms with Crippen molar-refractivity contribution in [3.05, 3.63) is 53.8 Å². The highest BCUT2D eigenvalue weighted by molar-refractivity contribution is 7.80. The van der Waals surface area contributed by atoms with Crippen LogP contribution in [0.15, 0.2) is 42.5 Å². The van der Waals surface area contributed by atoms with Gasteiger partial charge in [0.05, 0.1) is 12.8 Å². The van der Waals surface area contributed by atoms with E-state index in [4.69, 9.17) is 17.0 Å². The van der Waals surface area contributed by atoms with Crippen LogP contribution in [0.1, 0.15) is 29.6 Å². The summed E-state index contributed by atoms with van der Waals surface area (Å²) < 4.78 is 19.5. The maximum Gasteiger partial charge on any atom is 0.257 e. The number of nitrogens with one attached hydrogen (secondary N) is 2. The molecule has 2 N–H and O–H groups in total. The number of piperidine rings is 1. The van der Waals surface area contributed by atoms with Crippen LogP contribution in [-0.2, 0) is 0 Å². The summed E-state index contributed by atoms with van der Waals surface area (Å²) in [6.45, 7) is 1.75. The van der Waals surface area contributed by atoms with Crippen LogP contribution in [0.3, 0.4) is 0 Å². The van der Waals surface area contributed by atoms with Gasteiger partial charge >= 0.3 is 0 Å². The predicted molar refractivity (Wildman–Crippen MR) is 109 cm³/mol. The van der Waals surface area contributed by atoms with E-state index in [1.54, 1.807) is 43.5 Å². The molecule has 27 heavy (non-hydrogen) atoms. The van der Waals surface area contributed by atoms with Gasteiger partial charge in [-0.1, -0.05) is 0 Å². The first-order valence-electron chi connectivity index (χ1n) is 8.88. The molecule has 142 valence electrons. The molecule has 0 radical (unpaired) electrons. The molecule has 0 saturated carbocycles. The zero-order chi connectivity index (χ0) is 19.2. The molecule has 0 aliphatic carbocycles. The second-order valence-electron chi connectivity index (χ2n) is 6.35. The lowest BCUT2D eigenvalue weighted by Crippen LogP contribution is -2.34. The molecule has 1 heterocycles. The second kappa shape index (κ2) is 8.81. The minimum Gasteiger partial charge on any atom is -0.497 e. The second-order valence-corrected chi connectivity index (χ2v) is 6.76. The number of nitrogens with zero attached hydrogens (tertiary/aromatic N) is 1. The number of ether oxygens (including phenoxy) is 1. The quantitative estimate of drug-likeness (QED) is 0.778. The lowest BCUT2D eigenvalue weighted by Gasteiger charge is -2.29. The topological polar surface area (TPSA) is 53.6 Å². The summed E-state index contributed by atoms with van der Waals surface area (Å²) in [6, 6.07) is 11.6. The fourth-order valence-electron chi connectivity index (χ4n) is 3.06. The summed E-state index contributed by atoms with van der Waals surface area (Å²) in [5.74, 6) is 0.0169. The largest absolute Gasteiger partial charge is 0.497 e. The summed E-state index contributed by atoms with van der Waals surface area (Å²) >= 11 is 5.16. The standard InChI is InChI=1S/C20H22FN3O2S/c1-26-16-8-5-14(6-9-16)19(25)23-20(27)22-15-7-10-18(17(21)13-15)24-11-3-2-4-12-24/h5-10,13H,2-4,11-12H2,1H3,(H2,22,23,25,27). The monoisotopic (exact) mass is 387 g/mol. The highest BCUT2D eigenvalue weighted by Crippen LogP contribution is 2.25. The molecule has 1 amide bonds. The van der Waals surface area contributed by atoms with Crippen molar-refractivity contribution in [3.8, 4) is 5.75 Å². The number of amides is 1. The molecule has 1 aliphatic heterocycles. The van der Waals surface area contributed by atoms with E-state index in [0.29, 0.717) is 22.7 Å². The first-order chi connectivity index (χ1) is 13.1. The Morgan fingerprint density at radius 1 is 1.11 bits per heavy atom. The minimum atomic E-state index is -0.347. The van der Waals surface area contributed by atoms with E-state index in [1.165, 1.54) is 12.5 Å². The minimum absolute atomic E-state index is 0.112. The van der Waals surface area contributed by atoms with Crippen molar-refractivity contribution in [1.29, 1.82) is 0 Å². The van der Waals surface area contributed by atoms with Crippen LogP contribution in [0.25, 0.3) is 0 Å². The molecule has 0 atom stereocenters. The van der Waals surface area contributed by atoms with E-state index >= 15 is 0 Å². The fourth-order valence-corrected chi connectivity index (χ4v) is 3.27. The molecular formula is C20H22FN3O2S. The number of benzene rings is 2. The average Bonchev–Trinajstić information content (AvgIpc) is 2.68. The molecule has 2 aromatic rings. The maximum atomic E-state index is 14.5. The summed E-state index contributed by atoms with van der Waals surface area (Å²) in [5, 5.41) is 5.55. The van der Waals surface area contributed by atoms with Crippen LogP contribution in [0, 0.1) is 5.82 Å². The van der Waals surface area contributed by atoms with Crippen molar-refractivity contribution in [1.82, 2.24) is 5.32 Å². The Balaban J connectivity index is 1.59. The molecule has 1 saturated heterocycles. The van der Waals surface area contributed by atoms with Gasteiger partial charge in [0, 0.05) is 24.3 Å². The number of anilines is 2. The molecule has 5 nitrogen and oxygen atoms in total. The van der Waals surface area contributed by atoms with Gasteiger partial charge in [-0.3, -0.25) is 10.1 Å². The van der Waals surface area contributed by atoms with Gasteiger partial charge in [0.15, 0.2) is 5.11 Å². The van der Waals surface area contributed by atoms with Crippen molar-refractivity contribution < 1.29 is 13.9 Å². The number of carbonyl (C=O) groups excluding carboxylic acids is 1. The van der Waals surface area contributed by atoms with Crippen LogP contribution >= 0.6 is 12.2 Å². The Morgan fingerprint density at radius 3 is 2.44 bits per heavy atom. The Morgan fingerprint density at radius 2 is 1.81 bits per heavy atom. The summed E-state index contributed by atoms with van der Waals surface area (Å²) in [4.78, 5) is 14.3. The third-order valence-electron chi connectivity index (χ3n) is 4.48. The van der Waals surface area contributed by atoms with E-state index in [2.05, 4.69) is 15.5 Å². The number of halogens is 1. The lowest BCUT2D eigenvalue weighted by molar-refractivity contribution is 0.0977. The Labute approximate surface area is 163 Å². The van der Waals surface area contributed by atoms with E-state index in [-0.39, 0.29) is 16.8 Å². The van der Waals surface area contributed by atoms with E-state index < -0.39 is 0 Å². The molecule has 7 heteroatoms. The van der Waals surface area contributed by atoms with Crippen molar-refractivity contribution in [3.63, 3.8) is 0 Å². The highest BCUT2D eigenvalue weighted by Gasteiger charge is 2.15. The van der Waals surface area contributed by atoms with Gasteiger partial charge in [-0.2, -0.15) is 0 Å². The van der Waals surface area contributed by atoms with Gasteiger partial charge in [0.25, 0.3) is 5.91 Å². The molecule has 2 aromatic carbocycles. The summed E-state index contributed by atoms with van der Waals surface area (Å²) in [5.41, 5.74) is 1.55. The summed E-state index contributed by atoms with van der Waals surface area (Å²) in [7, 11) is 1.56. The number of hydrogen-bond acceptors (Lipinski definition) is 4. The van der Waals surface area contributed by atoms with Crippen molar-refractivity contribution in [2.75, 3.05) is 30.4 Å². The third-order valence-corrected chi connectivity index (χ3v) is 4.69. The van der Waals surface area contributed by atoms with E-state index in [0.717, 1.165) is 25.9 Å². The summed E-state index contributed by atoms with van der Waals surface area (Å²) in [6.07, 6.45) is 3.36. The fraction of sp³-hybridized carbons (Fsp3) is 0.300. The number of hydrogen-bond donors (Lipinski definition) is 2. The number of thiocarbonyl (C=S) groups is 1. The Hall–Kier alpha value is -2.67. The molecule has 0 bridgehead atoms. The predicted octanol–water partition coefficient (Wildman–Crippen LogP) is 3.95. The van der Waals surface area contributed by atoms with Crippen LogP contribution < -0.4 is 20.3 Å². The molecule has 0 spiro atoms. The van der Waals surface area contributed by atoms with Crippen LogP contribution in [0.4, 0.5) is 15.8 Å². The zero-order valence-corrected chi connectivity index (χ0v) is 15.9. The zero-order valence-electron chi connectivity index (χ0n) is 15.1. The van der Waals surface area contributed by atoms with E-state index in [1.807, 2.05) is 0 Å². The van der Waals surface area contributed by atoms with Gasteiger partial charge in [0.2, 0.25) is 0 Å². The first-order valence-corrected chi connectivity index (χ1v) is 9.28. The highest BCUT2D eigenvalue weighted by atomic mass is 32.1. The Kier molecular flexibility index (Phi) is 6.24. The SMILES string of the molecule is COc1ccc(C(=O)NC(=S)Nc2ccc(N3CCCCC3)c(F)c2)cc1. The molecule has 3 rings (SSSR count). The van der Waals surface area contributed by atoms with Gasteiger partial charge in [0.1, 0.15) is 11.6 Å². The van der Waals surface area contributed by atoms with Gasteiger partial charge in [-0.05, 0) is 73.9 Å². The van der Waals surface area contributed by atoms with Crippen molar-refractivity contribution in [2.45, 2.75) is 19.3 Å². The van der Waals surface area contributed by atoms with Gasteiger partial charge in [-0.15, -0.1) is 0 Å². The molecule has 1 fully saturated rings. The number of carbonyl (C=O) groups is 1. The molecular weight excluding hydrogens is 365 g/mol. The van der Waals surface area contributed by atoms with Gasteiger partial charge < -0.3 is 15.0 Å². The first kappa shape index (κ1) is 19.1. The number of methoxy groups -OCH3 is 1. The number of rotatable bonds is 4. The van der Waals surface area contributed by atoms with Crippen molar-refractivity contribution >= 4 is 34.6 Å².